The zero-order chi connectivity index (χ0) is 14.4. The Morgan fingerprint density at radius 3 is 2.85 bits per heavy atom. The summed E-state index contributed by atoms with van der Waals surface area (Å²) in [6, 6.07) is 1.41. The Labute approximate surface area is 120 Å². The van der Waals surface area contributed by atoms with Crippen LogP contribution in [0.5, 0.6) is 0 Å². The van der Waals surface area contributed by atoms with Crippen LogP contribution in [0.4, 0.5) is 0 Å². The molecule has 0 saturated carbocycles. The van der Waals surface area contributed by atoms with E-state index in [1.54, 1.807) is 11.7 Å². The first-order chi connectivity index (χ1) is 9.62. The molecule has 2 rings (SSSR count). The summed E-state index contributed by atoms with van der Waals surface area (Å²) in [5, 5.41) is 8.62. The standard InChI is InChI=1S/C12H11N3O3S2/c16-3-1-2-10-4-12(8-13-5-10)20(17,18)15-7-11-6-14-9-19-11/h4-6,8-9,15-16H,3,7H2. The molecule has 0 aliphatic heterocycles. The molecule has 0 spiro atoms. The topological polar surface area (TPSA) is 92.2 Å². The molecule has 0 aromatic carbocycles. The summed E-state index contributed by atoms with van der Waals surface area (Å²) < 4.78 is 26.6. The minimum absolute atomic E-state index is 0.0340. The molecular formula is C12H11N3O3S2. The van der Waals surface area contributed by atoms with Gasteiger partial charge in [0.2, 0.25) is 10.0 Å². The average molecular weight is 309 g/mol. The molecule has 8 heteroatoms. The van der Waals surface area contributed by atoms with Crippen molar-refractivity contribution in [2.45, 2.75) is 11.4 Å². The SMILES string of the molecule is O=S(=O)(NCc1cncs1)c1cncc(C#CCO)c1. The molecule has 0 aliphatic rings. The molecule has 0 aliphatic carbocycles. The summed E-state index contributed by atoms with van der Waals surface area (Å²) >= 11 is 1.37. The van der Waals surface area contributed by atoms with Gasteiger partial charge >= 0.3 is 0 Å². The number of nitrogens with zero attached hydrogens (tertiary/aromatic N) is 2. The number of pyridine rings is 1. The van der Waals surface area contributed by atoms with Crippen LogP contribution < -0.4 is 4.72 Å². The Morgan fingerprint density at radius 2 is 2.15 bits per heavy atom. The molecule has 0 fully saturated rings. The number of sulfonamides is 1. The molecule has 2 aromatic rings. The molecule has 0 amide bonds. The third-order valence-corrected chi connectivity index (χ3v) is 4.40. The summed E-state index contributed by atoms with van der Waals surface area (Å²) in [6.45, 7) is -0.111. The molecule has 2 N–H and O–H groups in total. The Bertz CT molecular complexity index is 731. The van der Waals surface area contributed by atoms with Crippen molar-refractivity contribution in [3.05, 3.63) is 40.6 Å². The van der Waals surface area contributed by atoms with E-state index in [0.717, 1.165) is 4.88 Å². The van der Waals surface area contributed by atoms with Gasteiger partial charge in [-0.05, 0) is 6.07 Å². The van der Waals surface area contributed by atoms with Crippen LogP contribution in [-0.2, 0) is 16.6 Å². The number of thiazole rings is 1. The van der Waals surface area contributed by atoms with Crippen LogP contribution in [0.25, 0.3) is 0 Å². The normalized spacial score (nSPS) is 10.8. The van der Waals surface area contributed by atoms with E-state index in [2.05, 4.69) is 26.5 Å². The van der Waals surface area contributed by atoms with Crippen molar-refractivity contribution >= 4 is 21.4 Å². The van der Waals surface area contributed by atoms with Crippen LogP contribution in [0, 0.1) is 11.8 Å². The third-order valence-electron chi connectivity index (χ3n) is 2.26. The Hall–Kier alpha value is -1.79. The molecule has 0 bridgehead atoms. The zero-order valence-electron chi connectivity index (χ0n) is 10.3. The van der Waals surface area contributed by atoms with Gasteiger partial charge in [0.1, 0.15) is 11.5 Å². The highest BCUT2D eigenvalue weighted by molar-refractivity contribution is 7.89. The van der Waals surface area contributed by atoms with E-state index in [4.69, 9.17) is 5.11 Å². The van der Waals surface area contributed by atoms with Crippen LogP contribution >= 0.6 is 11.3 Å². The van der Waals surface area contributed by atoms with Crippen molar-refractivity contribution in [2.75, 3.05) is 6.61 Å². The number of aromatic nitrogens is 2. The molecule has 0 saturated heterocycles. The lowest BCUT2D eigenvalue weighted by molar-refractivity contribution is 0.350. The summed E-state index contributed by atoms with van der Waals surface area (Å²) in [4.78, 5) is 8.56. The van der Waals surface area contributed by atoms with Gasteiger partial charge in [0.15, 0.2) is 0 Å². The molecule has 2 aromatic heterocycles. The van der Waals surface area contributed by atoms with Gasteiger partial charge in [-0.1, -0.05) is 11.8 Å². The monoisotopic (exact) mass is 309 g/mol. The van der Waals surface area contributed by atoms with E-state index in [1.165, 1.54) is 29.8 Å². The molecule has 104 valence electrons. The predicted molar refractivity (Wildman–Crippen MR) is 74.3 cm³/mol. The van der Waals surface area contributed by atoms with Crippen molar-refractivity contribution < 1.29 is 13.5 Å². The second kappa shape index (κ2) is 6.58. The molecule has 0 atom stereocenters. The number of rotatable bonds is 4. The van der Waals surface area contributed by atoms with Gasteiger partial charge in [-0.15, -0.1) is 11.3 Å². The number of hydrogen-bond donors (Lipinski definition) is 2. The predicted octanol–water partition coefficient (Wildman–Crippen LogP) is 0.360. The van der Waals surface area contributed by atoms with Crippen LogP contribution in [0.15, 0.2) is 35.1 Å². The minimum Gasteiger partial charge on any atom is -0.384 e. The first kappa shape index (κ1) is 14.6. The van der Waals surface area contributed by atoms with Crippen LogP contribution in [-0.4, -0.2) is 30.1 Å². The quantitative estimate of drug-likeness (QED) is 0.796. The first-order valence-electron chi connectivity index (χ1n) is 5.53. The van der Waals surface area contributed by atoms with Crippen molar-refractivity contribution in [3.8, 4) is 11.8 Å². The highest BCUT2D eigenvalue weighted by atomic mass is 32.2. The van der Waals surface area contributed by atoms with E-state index in [1.807, 2.05) is 0 Å². The van der Waals surface area contributed by atoms with Crippen LogP contribution in [0.2, 0.25) is 0 Å². The fraction of sp³-hybridized carbons (Fsp3) is 0.167. The van der Waals surface area contributed by atoms with Gasteiger partial charge in [0, 0.05) is 35.6 Å². The van der Waals surface area contributed by atoms with Gasteiger partial charge in [-0.3, -0.25) is 9.97 Å². The second-order valence-corrected chi connectivity index (χ2v) is 6.40. The Balaban J connectivity index is 2.16. The van der Waals surface area contributed by atoms with E-state index in [0.29, 0.717) is 5.56 Å². The molecule has 0 radical (unpaired) electrons. The van der Waals surface area contributed by atoms with Crippen molar-refractivity contribution in [1.82, 2.24) is 14.7 Å². The van der Waals surface area contributed by atoms with Gasteiger partial charge < -0.3 is 5.11 Å². The largest absolute Gasteiger partial charge is 0.384 e. The summed E-state index contributed by atoms with van der Waals surface area (Å²) in [5.74, 6) is 5.06. The molecule has 20 heavy (non-hydrogen) atoms. The molecule has 6 nitrogen and oxygen atoms in total. The maximum atomic E-state index is 12.1. The van der Waals surface area contributed by atoms with Crippen molar-refractivity contribution in [2.24, 2.45) is 0 Å². The average Bonchev–Trinajstić information content (AvgIpc) is 2.97. The van der Waals surface area contributed by atoms with Gasteiger partial charge in [-0.2, -0.15) is 0 Å². The van der Waals surface area contributed by atoms with Gasteiger partial charge in [-0.25, -0.2) is 13.1 Å². The van der Waals surface area contributed by atoms with E-state index < -0.39 is 10.0 Å². The van der Waals surface area contributed by atoms with Gasteiger partial charge in [0.05, 0.1) is 5.51 Å². The molecule has 0 unspecified atom stereocenters. The van der Waals surface area contributed by atoms with Crippen molar-refractivity contribution in [3.63, 3.8) is 0 Å². The maximum Gasteiger partial charge on any atom is 0.242 e. The number of aliphatic hydroxyl groups is 1. The summed E-state index contributed by atoms with van der Waals surface area (Å²) in [6.07, 6.45) is 4.29. The Morgan fingerprint density at radius 1 is 1.30 bits per heavy atom. The number of hydrogen-bond acceptors (Lipinski definition) is 6. The lowest BCUT2D eigenvalue weighted by Crippen LogP contribution is -2.23. The second-order valence-electron chi connectivity index (χ2n) is 3.66. The summed E-state index contributed by atoms with van der Waals surface area (Å²) in [7, 11) is -3.65. The number of nitrogens with one attached hydrogen (secondary N) is 1. The van der Waals surface area contributed by atoms with Gasteiger partial charge in [0.25, 0.3) is 0 Å². The maximum absolute atomic E-state index is 12.1. The highest BCUT2D eigenvalue weighted by Crippen LogP contribution is 2.11. The fourth-order valence-corrected chi connectivity index (χ4v) is 2.97. The molecular weight excluding hydrogens is 298 g/mol. The van der Waals surface area contributed by atoms with Crippen LogP contribution in [0.3, 0.4) is 0 Å². The fourth-order valence-electron chi connectivity index (χ4n) is 1.35. The first-order valence-corrected chi connectivity index (χ1v) is 7.90. The molecule has 2 heterocycles. The third kappa shape index (κ3) is 3.85. The van der Waals surface area contributed by atoms with Crippen LogP contribution in [0.1, 0.15) is 10.4 Å². The van der Waals surface area contributed by atoms with Crippen molar-refractivity contribution in [1.29, 1.82) is 0 Å². The lowest BCUT2D eigenvalue weighted by atomic mass is 10.3. The summed E-state index contributed by atoms with van der Waals surface area (Å²) in [5.41, 5.74) is 2.07. The number of aliphatic hydroxyl groups excluding tert-OH is 1. The minimum atomic E-state index is -3.65. The Kier molecular flexibility index (Phi) is 4.81. The smallest absolute Gasteiger partial charge is 0.242 e. The highest BCUT2D eigenvalue weighted by Gasteiger charge is 2.14. The zero-order valence-corrected chi connectivity index (χ0v) is 11.9. The van der Waals surface area contributed by atoms with E-state index in [9.17, 15) is 8.42 Å². The lowest BCUT2D eigenvalue weighted by Gasteiger charge is -2.05. The van der Waals surface area contributed by atoms with E-state index in [-0.39, 0.29) is 18.0 Å². The van der Waals surface area contributed by atoms with E-state index >= 15 is 0 Å².